The van der Waals surface area contributed by atoms with Crippen molar-refractivity contribution in [2.45, 2.75) is 18.9 Å². The fraction of sp³-hybridized carbons (Fsp3) is 0.400. The van der Waals surface area contributed by atoms with Crippen molar-refractivity contribution in [1.29, 1.82) is 0 Å². The lowest BCUT2D eigenvalue weighted by molar-refractivity contribution is 0.257. The van der Waals surface area contributed by atoms with Gasteiger partial charge in [-0.2, -0.15) is 0 Å². The van der Waals surface area contributed by atoms with Gasteiger partial charge in [-0.25, -0.2) is 0 Å². The molecule has 0 unspecified atom stereocenters. The lowest BCUT2D eigenvalue weighted by Crippen LogP contribution is -2.45. The number of hydrogen-bond acceptors (Lipinski definition) is 3. The molecule has 0 radical (unpaired) electrons. The Morgan fingerprint density at radius 2 is 2.21 bits per heavy atom. The first-order valence-electron chi connectivity index (χ1n) is 6.81. The van der Waals surface area contributed by atoms with Crippen LogP contribution in [0.25, 0.3) is 11.3 Å². The molecule has 2 aliphatic rings. The van der Waals surface area contributed by atoms with Gasteiger partial charge in [0.1, 0.15) is 5.76 Å². The molecule has 2 aliphatic heterocycles. The Bertz CT molecular complexity index is 657. The molecule has 4 nitrogen and oxygen atoms in total. The van der Waals surface area contributed by atoms with Crippen LogP contribution in [0.2, 0.25) is 0 Å². The number of furan rings is 1. The zero-order valence-corrected chi connectivity index (χ0v) is 10.6. The van der Waals surface area contributed by atoms with Gasteiger partial charge in [0, 0.05) is 24.7 Å². The maximum absolute atomic E-state index is 12.6. The van der Waals surface area contributed by atoms with Crippen molar-refractivity contribution in [3.63, 3.8) is 0 Å². The van der Waals surface area contributed by atoms with Crippen molar-refractivity contribution >= 4 is 0 Å². The molecule has 0 aliphatic carbocycles. The van der Waals surface area contributed by atoms with E-state index in [1.54, 1.807) is 6.26 Å². The first kappa shape index (κ1) is 11.1. The first-order valence-corrected chi connectivity index (χ1v) is 6.81. The van der Waals surface area contributed by atoms with E-state index in [0.29, 0.717) is 23.2 Å². The van der Waals surface area contributed by atoms with Crippen LogP contribution in [0, 0.1) is 5.92 Å². The van der Waals surface area contributed by atoms with E-state index in [-0.39, 0.29) is 5.56 Å². The fourth-order valence-corrected chi connectivity index (χ4v) is 3.41. The summed E-state index contributed by atoms with van der Waals surface area (Å²) in [6, 6.07) is 7.65. The molecule has 98 valence electrons. The maximum Gasteiger partial charge on any atom is 0.261 e. The second kappa shape index (κ2) is 4.10. The van der Waals surface area contributed by atoms with Crippen molar-refractivity contribution in [3.05, 3.63) is 46.6 Å². The molecule has 19 heavy (non-hydrogen) atoms. The summed E-state index contributed by atoms with van der Waals surface area (Å²) in [6.45, 7) is 2.83. The number of rotatable bonds is 1. The van der Waals surface area contributed by atoms with Crippen molar-refractivity contribution in [1.82, 2.24) is 9.88 Å². The van der Waals surface area contributed by atoms with Crippen LogP contribution in [-0.4, -0.2) is 17.7 Å². The summed E-state index contributed by atoms with van der Waals surface area (Å²) in [7, 11) is 0. The summed E-state index contributed by atoms with van der Waals surface area (Å²) in [4.78, 5) is 12.6. The Kier molecular flexibility index (Phi) is 2.38. The predicted molar refractivity (Wildman–Crippen MR) is 72.1 cm³/mol. The standard InChI is InChI=1S/C15H16N2O2/c18-15-12(14-2-1-5-19-14)3-4-13-11-6-10(7-16-8-11)9-17(13)15/h1-5,10-11,16H,6-9H2/t10-,11-/m1/s1. The molecule has 2 bridgehead atoms. The minimum Gasteiger partial charge on any atom is -0.464 e. The quantitative estimate of drug-likeness (QED) is 0.846. The van der Waals surface area contributed by atoms with Gasteiger partial charge in [-0.1, -0.05) is 0 Å². The zero-order valence-electron chi connectivity index (χ0n) is 10.6. The molecule has 4 heterocycles. The van der Waals surface area contributed by atoms with Crippen molar-refractivity contribution < 1.29 is 4.42 Å². The number of piperidine rings is 1. The van der Waals surface area contributed by atoms with E-state index in [4.69, 9.17) is 4.42 Å². The average Bonchev–Trinajstić information content (AvgIpc) is 2.94. The van der Waals surface area contributed by atoms with Gasteiger partial charge in [0.05, 0.1) is 11.8 Å². The minimum atomic E-state index is 0.0871. The second-order valence-corrected chi connectivity index (χ2v) is 5.52. The number of nitrogens with zero attached hydrogens (tertiary/aromatic N) is 1. The van der Waals surface area contributed by atoms with E-state index in [9.17, 15) is 4.79 Å². The lowest BCUT2D eigenvalue weighted by Gasteiger charge is -2.37. The molecule has 1 N–H and O–H groups in total. The Labute approximate surface area is 111 Å². The van der Waals surface area contributed by atoms with Crippen LogP contribution in [0.4, 0.5) is 0 Å². The van der Waals surface area contributed by atoms with Crippen LogP contribution >= 0.6 is 0 Å². The summed E-state index contributed by atoms with van der Waals surface area (Å²) in [5.74, 6) is 1.72. The monoisotopic (exact) mass is 256 g/mol. The van der Waals surface area contributed by atoms with Crippen molar-refractivity contribution in [3.8, 4) is 11.3 Å². The highest BCUT2D eigenvalue weighted by Gasteiger charge is 2.31. The molecule has 0 spiro atoms. The molecule has 1 fully saturated rings. The molecule has 4 rings (SSSR count). The summed E-state index contributed by atoms with van der Waals surface area (Å²) < 4.78 is 7.32. The molecule has 4 heteroatoms. The van der Waals surface area contributed by atoms with Crippen molar-refractivity contribution in [2.24, 2.45) is 5.92 Å². The van der Waals surface area contributed by atoms with Crippen LogP contribution < -0.4 is 10.9 Å². The third-order valence-corrected chi connectivity index (χ3v) is 4.30. The normalized spacial score (nSPS) is 25.1. The maximum atomic E-state index is 12.6. The minimum absolute atomic E-state index is 0.0871. The smallest absolute Gasteiger partial charge is 0.261 e. The SMILES string of the molecule is O=c1c(-c2ccco2)ccc2n1C[C@H]1CNC[C@H]2C1. The van der Waals surface area contributed by atoms with Gasteiger partial charge in [-0.05, 0) is 43.1 Å². The molecule has 0 amide bonds. The highest BCUT2D eigenvalue weighted by molar-refractivity contribution is 5.56. The second-order valence-electron chi connectivity index (χ2n) is 5.52. The van der Waals surface area contributed by atoms with E-state index in [1.807, 2.05) is 22.8 Å². The lowest BCUT2D eigenvalue weighted by atomic mass is 9.84. The number of aromatic nitrogens is 1. The van der Waals surface area contributed by atoms with Gasteiger partial charge in [0.25, 0.3) is 5.56 Å². The molecular formula is C15H16N2O2. The van der Waals surface area contributed by atoms with E-state index >= 15 is 0 Å². The summed E-state index contributed by atoms with van der Waals surface area (Å²) in [5.41, 5.74) is 1.93. The highest BCUT2D eigenvalue weighted by Crippen LogP contribution is 2.32. The molecule has 0 aromatic carbocycles. The Morgan fingerprint density at radius 1 is 1.26 bits per heavy atom. The van der Waals surface area contributed by atoms with Gasteiger partial charge >= 0.3 is 0 Å². The van der Waals surface area contributed by atoms with Gasteiger partial charge in [0.15, 0.2) is 0 Å². The number of pyridine rings is 1. The van der Waals surface area contributed by atoms with Crippen LogP contribution in [0.15, 0.2) is 39.7 Å². The third-order valence-electron chi connectivity index (χ3n) is 4.30. The number of fused-ring (bicyclic) bond motifs is 4. The van der Waals surface area contributed by atoms with E-state index < -0.39 is 0 Å². The van der Waals surface area contributed by atoms with Crippen LogP contribution in [0.1, 0.15) is 18.0 Å². The van der Waals surface area contributed by atoms with E-state index in [2.05, 4.69) is 11.4 Å². The van der Waals surface area contributed by atoms with Gasteiger partial charge in [-0.15, -0.1) is 0 Å². The summed E-state index contributed by atoms with van der Waals surface area (Å²) >= 11 is 0. The van der Waals surface area contributed by atoms with Crippen LogP contribution in [0.3, 0.4) is 0 Å². The molecule has 2 aromatic rings. The number of nitrogens with one attached hydrogen (secondary N) is 1. The average molecular weight is 256 g/mol. The molecule has 2 aromatic heterocycles. The summed E-state index contributed by atoms with van der Waals surface area (Å²) in [5, 5.41) is 3.46. The first-order chi connectivity index (χ1) is 9.33. The summed E-state index contributed by atoms with van der Waals surface area (Å²) in [6.07, 6.45) is 2.81. The largest absolute Gasteiger partial charge is 0.464 e. The fourth-order valence-electron chi connectivity index (χ4n) is 3.41. The van der Waals surface area contributed by atoms with Gasteiger partial charge in [0.2, 0.25) is 0 Å². The molecule has 0 saturated carbocycles. The Hall–Kier alpha value is -1.81. The molecule has 1 saturated heterocycles. The van der Waals surface area contributed by atoms with E-state index in [0.717, 1.165) is 19.6 Å². The predicted octanol–water partition coefficient (Wildman–Crippen LogP) is 1.81. The van der Waals surface area contributed by atoms with E-state index in [1.165, 1.54) is 12.1 Å². The molecular weight excluding hydrogens is 240 g/mol. The molecule has 2 atom stereocenters. The Morgan fingerprint density at radius 3 is 3.05 bits per heavy atom. The van der Waals surface area contributed by atoms with Crippen LogP contribution in [-0.2, 0) is 6.54 Å². The van der Waals surface area contributed by atoms with Gasteiger partial charge in [-0.3, -0.25) is 4.79 Å². The topological polar surface area (TPSA) is 47.2 Å². The Balaban J connectivity index is 1.88. The number of hydrogen-bond donors (Lipinski definition) is 1. The van der Waals surface area contributed by atoms with Gasteiger partial charge < -0.3 is 14.3 Å². The highest BCUT2D eigenvalue weighted by atomic mass is 16.3. The zero-order chi connectivity index (χ0) is 12.8. The van der Waals surface area contributed by atoms with Crippen LogP contribution in [0.5, 0.6) is 0 Å². The van der Waals surface area contributed by atoms with Crippen molar-refractivity contribution in [2.75, 3.05) is 13.1 Å². The third kappa shape index (κ3) is 1.67.